The molecule has 0 aliphatic rings. The zero-order valence-corrected chi connectivity index (χ0v) is 29.3. The van der Waals surface area contributed by atoms with Gasteiger partial charge in [0.2, 0.25) is 0 Å². The highest BCUT2D eigenvalue weighted by Crippen LogP contribution is 2.39. The molecule has 3 aromatic heterocycles. The van der Waals surface area contributed by atoms with Gasteiger partial charge in [-0.15, -0.1) is 0 Å². The molecule has 3 heterocycles. The van der Waals surface area contributed by atoms with Crippen LogP contribution in [0.1, 0.15) is 0 Å². The highest BCUT2D eigenvalue weighted by Gasteiger charge is 2.17. The fraction of sp³-hybridized carbons (Fsp3) is 0. The normalized spacial score (nSPS) is 11.3. The topological polar surface area (TPSA) is 51.6 Å². The van der Waals surface area contributed by atoms with E-state index < -0.39 is 0 Å². The van der Waals surface area contributed by atoms with Gasteiger partial charge in [0.15, 0.2) is 5.82 Å². The van der Waals surface area contributed by atoms with Gasteiger partial charge in [0, 0.05) is 44.0 Å². The molecule has 0 atom stereocenters. The Balaban J connectivity index is 1.13. The molecule has 7 aromatic carbocycles. The third-order valence-electron chi connectivity index (χ3n) is 10.1. The Morgan fingerprint density at radius 2 is 0.833 bits per heavy atom. The molecule has 0 fully saturated rings. The van der Waals surface area contributed by atoms with E-state index >= 15 is 0 Å². The molecule has 0 aliphatic heterocycles. The van der Waals surface area contributed by atoms with E-state index in [1.165, 1.54) is 0 Å². The molecule has 0 spiro atoms. The minimum absolute atomic E-state index is 0.700. The van der Waals surface area contributed by atoms with E-state index in [9.17, 15) is 0 Å². The van der Waals surface area contributed by atoms with Crippen LogP contribution in [0.3, 0.4) is 0 Å². The van der Waals surface area contributed by atoms with Crippen LogP contribution < -0.4 is 0 Å². The van der Waals surface area contributed by atoms with Crippen LogP contribution in [0.2, 0.25) is 0 Å². The van der Waals surface area contributed by atoms with Gasteiger partial charge in [0.05, 0.1) is 33.8 Å². The highest BCUT2D eigenvalue weighted by molar-refractivity contribution is 6.20. The van der Waals surface area contributed by atoms with E-state index in [2.05, 4.69) is 146 Å². The molecule has 0 bridgehead atoms. The van der Waals surface area contributed by atoms with Crippen molar-refractivity contribution in [2.45, 2.75) is 0 Å². The fourth-order valence-electron chi connectivity index (χ4n) is 7.36. The third kappa shape index (κ3) is 5.76. The third-order valence-corrected chi connectivity index (χ3v) is 10.1. The van der Waals surface area contributed by atoms with Crippen molar-refractivity contribution in [2.75, 3.05) is 0 Å². The fourth-order valence-corrected chi connectivity index (χ4v) is 7.36. The molecule has 0 aliphatic carbocycles. The molecule has 10 aromatic rings. The van der Waals surface area contributed by atoms with Crippen molar-refractivity contribution in [3.63, 3.8) is 0 Å². The van der Waals surface area contributed by atoms with Crippen molar-refractivity contribution >= 4 is 32.6 Å². The lowest BCUT2D eigenvalue weighted by Gasteiger charge is -2.14. The summed E-state index contributed by atoms with van der Waals surface area (Å²) in [7, 11) is 0. The second kappa shape index (κ2) is 13.4. The first-order chi connectivity index (χ1) is 26.7. The smallest absolute Gasteiger partial charge is 0.160 e. The van der Waals surface area contributed by atoms with Gasteiger partial charge in [-0.1, -0.05) is 170 Å². The van der Waals surface area contributed by atoms with Crippen molar-refractivity contribution in [3.8, 4) is 67.5 Å². The molecular weight excluding hydrogens is 657 g/mol. The number of rotatable bonds is 6. The maximum Gasteiger partial charge on any atom is 0.160 e. The maximum absolute atomic E-state index is 5.42. The lowest BCUT2D eigenvalue weighted by atomic mass is 9.95. The summed E-state index contributed by atoms with van der Waals surface area (Å²) in [5.41, 5.74) is 12.9. The summed E-state index contributed by atoms with van der Waals surface area (Å²) < 4.78 is 0. The number of hydrogen-bond acceptors (Lipinski definition) is 4. The second-order valence-corrected chi connectivity index (χ2v) is 13.5. The van der Waals surface area contributed by atoms with E-state index in [4.69, 9.17) is 19.9 Å². The Morgan fingerprint density at radius 3 is 1.54 bits per heavy atom. The molecule has 0 saturated carbocycles. The van der Waals surface area contributed by atoms with E-state index in [-0.39, 0.29) is 0 Å². The van der Waals surface area contributed by atoms with Gasteiger partial charge in [-0.05, 0) is 40.8 Å². The predicted octanol–water partition coefficient (Wildman–Crippen LogP) is 12.7. The van der Waals surface area contributed by atoms with Gasteiger partial charge in [-0.2, -0.15) is 0 Å². The Hall–Kier alpha value is -7.30. The Bertz CT molecular complexity index is 2910. The van der Waals surface area contributed by atoms with Crippen LogP contribution in [-0.4, -0.2) is 19.9 Å². The zero-order valence-electron chi connectivity index (χ0n) is 29.3. The molecular formula is C50H32N4. The van der Waals surface area contributed by atoms with Crippen LogP contribution in [0.15, 0.2) is 194 Å². The van der Waals surface area contributed by atoms with Crippen LogP contribution >= 0.6 is 0 Å². The SMILES string of the molecule is c1ccc(-c2cc(-c3cccc(-c4ccc5c(c4)nc(-c4ccccc4)c4c5ccc5ccc(-c6ccccc6)nc54)c3)nc(-c3ccccc3)n2)cc1. The van der Waals surface area contributed by atoms with Gasteiger partial charge in [-0.3, -0.25) is 0 Å². The number of nitrogens with zero attached hydrogens (tertiary/aromatic N) is 4. The lowest BCUT2D eigenvalue weighted by molar-refractivity contribution is 1.18. The maximum atomic E-state index is 5.42. The summed E-state index contributed by atoms with van der Waals surface area (Å²) in [6.45, 7) is 0. The number of pyridine rings is 2. The Morgan fingerprint density at radius 1 is 0.296 bits per heavy atom. The van der Waals surface area contributed by atoms with E-state index in [0.717, 1.165) is 94.3 Å². The monoisotopic (exact) mass is 688 g/mol. The van der Waals surface area contributed by atoms with Crippen molar-refractivity contribution in [1.29, 1.82) is 0 Å². The first-order valence-corrected chi connectivity index (χ1v) is 18.1. The van der Waals surface area contributed by atoms with Crippen LogP contribution in [0.4, 0.5) is 0 Å². The largest absolute Gasteiger partial charge is 0.247 e. The lowest BCUT2D eigenvalue weighted by Crippen LogP contribution is -1.96. The number of benzene rings is 7. The first kappa shape index (κ1) is 31.4. The van der Waals surface area contributed by atoms with E-state index in [1.54, 1.807) is 0 Å². The Kier molecular flexibility index (Phi) is 7.77. The van der Waals surface area contributed by atoms with Gasteiger partial charge in [0.25, 0.3) is 0 Å². The minimum atomic E-state index is 0.700. The molecule has 10 rings (SSSR count). The van der Waals surface area contributed by atoms with Crippen molar-refractivity contribution in [1.82, 2.24) is 19.9 Å². The molecule has 54 heavy (non-hydrogen) atoms. The van der Waals surface area contributed by atoms with Crippen LogP contribution in [0.5, 0.6) is 0 Å². The first-order valence-electron chi connectivity index (χ1n) is 18.1. The molecule has 4 heteroatoms. The minimum Gasteiger partial charge on any atom is -0.247 e. The molecule has 0 N–H and O–H groups in total. The molecule has 4 nitrogen and oxygen atoms in total. The van der Waals surface area contributed by atoms with E-state index in [1.807, 2.05) is 48.5 Å². The van der Waals surface area contributed by atoms with Crippen molar-refractivity contribution in [3.05, 3.63) is 194 Å². The summed E-state index contributed by atoms with van der Waals surface area (Å²) in [6.07, 6.45) is 0. The second-order valence-electron chi connectivity index (χ2n) is 13.5. The predicted molar refractivity (Wildman–Crippen MR) is 223 cm³/mol. The van der Waals surface area contributed by atoms with E-state index in [0.29, 0.717) is 5.82 Å². The Labute approximate surface area is 313 Å². The van der Waals surface area contributed by atoms with Crippen LogP contribution in [0.25, 0.3) is 100 Å². The molecule has 0 unspecified atom stereocenters. The summed E-state index contributed by atoms with van der Waals surface area (Å²) in [4.78, 5) is 20.8. The summed E-state index contributed by atoms with van der Waals surface area (Å²) in [6, 6.07) is 67.3. The average molecular weight is 689 g/mol. The summed E-state index contributed by atoms with van der Waals surface area (Å²) in [5, 5.41) is 4.37. The number of fused-ring (bicyclic) bond motifs is 5. The molecule has 0 saturated heterocycles. The molecule has 252 valence electrons. The van der Waals surface area contributed by atoms with Crippen molar-refractivity contribution in [2.24, 2.45) is 0 Å². The molecule has 0 amide bonds. The van der Waals surface area contributed by atoms with Gasteiger partial charge in [-0.25, -0.2) is 19.9 Å². The zero-order chi connectivity index (χ0) is 35.8. The van der Waals surface area contributed by atoms with Gasteiger partial charge < -0.3 is 0 Å². The van der Waals surface area contributed by atoms with Crippen molar-refractivity contribution < 1.29 is 0 Å². The number of aromatic nitrogens is 4. The van der Waals surface area contributed by atoms with Gasteiger partial charge >= 0.3 is 0 Å². The standard InChI is InChI=1S/C50H32N4/c1-5-14-33(15-6-1)43-29-26-36-24-28-42-41-27-25-39(31-46(41)52-48(47(42)49(36)51-43)35-18-9-3-10-19-35)38-22-13-23-40(30-38)45-32-44(34-16-7-2-8-17-34)53-50(54-45)37-20-11-4-12-21-37/h1-32H. The average Bonchev–Trinajstić information content (AvgIpc) is 3.26. The number of hydrogen-bond donors (Lipinski definition) is 0. The highest BCUT2D eigenvalue weighted by atomic mass is 14.9. The van der Waals surface area contributed by atoms with Crippen LogP contribution in [0, 0.1) is 0 Å². The molecule has 0 radical (unpaired) electrons. The van der Waals surface area contributed by atoms with Gasteiger partial charge in [0.1, 0.15) is 0 Å². The summed E-state index contributed by atoms with van der Waals surface area (Å²) in [5.74, 6) is 0.700. The quantitative estimate of drug-likeness (QED) is 0.163. The van der Waals surface area contributed by atoms with Crippen LogP contribution in [-0.2, 0) is 0 Å². The summed E-state index contributed by atoms with van der Waals surface area (Å²) >= 11 is 0.